The summed E-state index contributed by atoms with van der Waals surface area (Å²) >= 11 is 6.82. The number of benzene rings is 2. The summed E-state index contributed by atoms with van der Waals surface area (Å²) in [6.45, 7) is 4.20. The van der Waals surface area contributed by atoms with Crippen LogP contribution in [0.25, 0.3) is 6.08 Å². The highest BCUT2D eigenvalue weighted by Gasteiger charge is 2.37. The van der Waals surface area contributed by atoms with Crippen molar-refractivity contribution in [1.82, 2.24) is 9.80 Å². The van der Waals surface area contributed by atoms with Crippen LogP contribution in [0.1, 0.15) is 12.5 Å². The number of piperazine rings is 1. The molecule has 0 unspecified atom stereocenters. The smallest absolute Gasteiger partial charge is 0.294 e. The molecule has 2 fully saturated rings. The highest BCUT2D eigenvalue weighted by molar-refractivity contribution is 8.18. The number of para-hydroxylation sites is 1. The van der Waals surface area contributed by atoms with Crippen LogP contribution in [-0.2, 0) is 9.59 Å². The maximum absolute atomic E-state index is 12.9. The monoisotopic (exact) mass is 501 g/mol. The Bertz CT molecular complexity index is 1130. The van der Waals surface area contributed by atoms with Gasteiger partial charge in [-0.05, 0) is 54.6 Å². The summed E-state index contributed by atoms with van der Waals surface area (Å²) in [5.41, 5.74) is 1.60. The van der Waals surface area contributed by atoms with Gasteiger partial charge < -0.3 is 19.6 Å². The van der Waals surface area contributed by atoms with Crippen LogP contribution in [0.2, 0.25) is 5.02 Å². The largest absolute Gasteiger partial charge is 0.503 e. The van der Waals surface area contributed by atoms with E-state index in [1.807, 2.05) is 30.3 Å². The van der Waals surface area contributed by atoms with Crippen LogP contribution in [0.3, 0.4) is 0 Å². The molecule has 0 radical (unpaired) electrons. The number of hydrogen-bond donors (Lipinski definition) is 1. The number of hydrogen-bond acceptors (Lipinski definition) is 7. The van der Waals surface area contributed by atoms with Crippen molar-refractivity contribution in [2.45, 2.75) is 6.92 Å². The minimum atomic E-state index is -0.534. The molecule has 2 aromatic carbocycles. The van der Waals surface area contributed by atoms with Gasteiger partial charge >= 0.3 is 0 Å². The van der Waals surface area contributed by atoms with Crippen molar-refractivity contribution in [3.8, 4) is 11.5 Å². The van der Waals surface area contributed by atoms with Crippen molar-refractivity contribution in [2.24, 2.45) is 0 Å². The standard InChI is InChI=1S/C24H24ClN3O5S/c1-2-33-19-13-16(12-18(25)22(19)30)14-20-23(31)28(24(32)34-20)15-21(29)27-10-8-26(9-11-27)17-6-4-3-5-7-17/h3-7,12-14,30H,2,8-11,15H2,1H3/b20-14+. The minimum Gasteiger partial charge on any atom is -0.503 e. The fraction of sp³-hybridized carbons (Fsp3) is 0.292. The molecule has 8 nitrogen and oxygen atoms in total. The van der Waals surface area contributed by atoms with E-state index in [1.165, 1.54) is 18.2 Å². The molecule has 10 heteroatoms. The number of ether oxygens (including phenoxy) is 1. The quantitative estimate of drug-likeness (QED) is 0.601. The van der Waals surface area contributed by atoms with Crippen LogP contribution in [0.5, 0.6) is 11.5 Å². The highest BCUT2D eigenvalue weighted by Crippen LogP contribution is 2.38. The van der Waals surface area contributed by atoms with Crippen LogP contribution in [0.15, 0.2) is 47.4 Å². The van der Waals surface area contributed by atoms with Gasteiger partial charge in [-0.2, -0.15) is 0 Å². The number of rotatable bonds is 6. The summed E-state index contributed by atoms with van der Waals surface area (Å²) in [5, 5.41) is 9.57. The van der Waals surface area contributed by atoms with Crippen molar-refractivity contribution in [2.75, 3.05) is 44.2 Å². The second-order valence-corrected chi connectivity index (χ2v) is 9.15. The van der Waals surface area contributed by atoms with Gasteiger partial charge in [-0.1, -0.05) is 29.8 Å². The Morgan fingerprint density at radius 2 is 1.85 bits per heavy atom. The Hall–Kier alpha value is -3.17. The fourth-order valence-corrected chi connectivity index (χ4v) is 4.88. The summed E-state index contributed by atoms with van der Waals surface area (Å²) in [6, 6.07) is 13.0. The molecule has 0 atom stereocenters. The Labute approximate surface area is 206 Å². The third-order valence-corrected chi connectivity index (χ3v) is 6.76. The van der Waals surface area contributed by atoms with Crippen LogP contribution in [0, 0.1) is 0 Å². The van der Waals surface area contributed by atoms with Crippen molar-refractivity contribution in [1.29, 1.82) is 0 Å². The molecule has 2 aromatic rings. The van der Waals surface area contributed by atoms with Gasteiger partial charge in [0.2, 0.25) is 5.91 Å². The molecule has 34 heavy (non-hydrogen) atoms. The van der Waals surface area contributed by atoms with Gasteiger partial charge in [-0.25, -0.2) is 0 Å². The number of imide groups is 1. The van der Waals surface area contributed by atoms with E-state index in [0.29, 0.717) is 38.3 Å². The van der Waals surface area contributed by atoms with Gasteiger partial charge in [0.15, 0.2) is 11.5 Å². The van der Waals surface area contributed by atoms with Crippen LogP contribution >= 0.6 is 23.4 Å². The average molecular weight is 502 g/mol. The highest BCUT2D eigenvalue weighted by atomic mass is 35.5. The lowest BCUT2D eigenvalue weighted by molar-refractivity contribution is -0.136. The second-order valence-electron chi connectivity index (χ2n) is 7.75. The number of amides is 3. The number of halogens is 1. The van der Waals surface area contributed by atoms with E-state index in [2.05, 4.69) is 4.90 Å². The molecule has 4 rings (SSSR count). The molecular formula is C24H24ClN3O5S. The van der Waals surface area contributed by atoms with Gasteiger partial charge in [0.05, 0.1) is 16.5 Å². The predicted molar refractivity (Wildman–Crippen MR) is 132 cm³/mol. The predicted octanol–water partition coefficient (Wildman–Crippen LogP) is 3.83. The normalized spacial score (nSPS) is 17.6. The van der Waals surface area contributed by atoms with E-state index in [1.54, 1.807) is 11.8 Å². The molecule has 2 saturated heterocycles. The van der Waals surface area contributed by atoms with Crippen LogP contribution in [-0.4, -0.2) is 71.3 Å². The molecule has 0 aliphatic carbocycles. The van der Waals surface area contributed by atoms with Gasteiger partial charge in [-0.15, -0.1) is 0 Å². The zero-order valence-electron chi connectivity index (χ0n) is 18.6. The number of thioether (sulfide) groups is 1. The summed E-state index contributed by atoms with van der Waals surface area (Å²) in [4.78, 5) is 43.2. The first-order valence-corrected chi connectivity index (χ1v) is 12.0. The average Bonchev–Trinajstić information content (AvgIpc) is 3.10. The Morgan fingerprint density at radius 3 is 2.53 bits per heavy atom. The SMILES string of the molecule is CCOc1cc(/C=C2/SC(=O)N(CC(=O)N3CCN(c4ccccc4)CC3)C2=O)cc(Cl)c1O. The molecule has 0 saturated carbocycles. The summed E-state index contributed by atoms with van der Waals surface area (Å²) in [6.07, 6.45) is 1.50. The number of phenols is 1. The fourth-order valence-electron chi connectivity index (χ4n) is 3.82. The van der Waals surface area contributed by atoms with Crippen molar-refractivity contribution < 1.29 is 24.2 Å². The third-order valence-electron chi connectivity index (χ3n) is 5.57. The van der Waals surface area contributed by atoms with E-state index < -0.39 is 11.1 Å². The molecule has 2 aliphatic heterocycles. The van der Waals surface area contributed by atoms with Gasteiger partial charge in [-0.3, -0.25) is 19.3 Å². The maximum atomic E-state index is 12.9. The maximum Gasteiger partial charge on any atom is 0.294 e. The first kappa shape index (κ1) is 24.0. The van der Waals surface area contributed by atoms with Gasteiger partial charge in [0.25, 0.3) is 11.1 Å². The van der Waals surface area contributed by atoms with E-state index >= 15 is 0 Å². The molecule has 0 spiro atoms. The number of phenolic OH excluding ortho intramolecular Hbond substituents is 1. The number of carbonyl (C=O) groups is 3. The third kappa shape index (κ3) is 5.15. The second kappa shape index (κ2) is 10.4. The lowest BCUT2D eigenvalue weighted by Gasteiger charge is -2.36. The van der Waals surface area contributed by atoms with Crippen molar-refractivity contribution in [3.63, 3.8) is 0 Å². The van der Waals surface area contributed by atoms with Gasteiger partial charge in [0.1, 0.15) is 6.54 Å². The number of nitrogens with zero attached hydrogens (tertiary/aromatic N) is 3. The number of anilines is 1. The summed E-state index contributed by atoms with van der Waals surface area (Å²) in [7, 11) is 0. The molecule has 0 bridgehead atoms. The minimum absolute atomic E-state index is 0.0706. The van der Waals surface area contributed by atoms with E-state index in [4.69, 9.17) is 16.3 Å². The lowest BCUT2D eigenvalue weighted by Crippen LogP contribution is -2.51. The first-order chi connectivity index (χ1) is 16.4. The van der Waals surface area contributed by atoms with Crippen LogP contribution < -0.4 is 9.64 Å². The van der Waals surface area contributed by atoms with E-state index in [9.17, 15) is 19.5 Å². The molecule has 3 amide bonds. The molecule has 1 N–H and O–H groups in total. The zero-order valence-corrected chi connectivity index (χ0v) is 20.1. The summed E-state index contributed by atoms with van der Waals surface area (Å²) < 4.78 is 5.36. The Morgan fingerprint density at radius 1 is 1.15 bits per heavy atom. The zero-order chi connectivity index (χ0) is 24.2. The first-order valence-electron chi connectivity index (χ1n) is 10.9. The molecule has 178 valence electrons. The van der Waals surface area contributed by atoms with E-state index in [0.717, 1.165) is 22.3 Å². The van der Waals surface area contributed by atoms with Crippen LogP contribution in [0.4, 0.5) is 10.5 Å². The molecule has 2 heterocycles. The lowest BCUT2D eigenvalue weighted by atomic mass is 10.2. The topological polar surface area (TPSA) is 90.4 Å². The van der Waals surface area contributed by atoms with Crippen molar-refractivity contribution in [3.05, 3.63) is 58.0 Å². The van der Waals surface area contributed by atoms with E-state index in [-0.39, 0.29) is 33.9 Å². The Kier molecular flexibility index (Phi) is 7.33. The number of carbonyl (C=O) groups excluding carboxylic acids is 3. The molecular weight excluding hydrogens is 478 g/mol. The molecule has 2 aliphatic rings. The van der Waals surface area contributed by atoms with Crippen molar-refractivity contribution >= 4 is 52.2 Å². The number of aromatic hydroxyl groups is 1. The molecule has 0 aromatic heterocycles. The Balaban J connectivity index is 1.40. The summed E-state index contributed by atoms with van der Waals surface area (Å²) in [5.74, 6) is -0.798. The van der Waals surface area contributed by atoms with Gasteiger partial charge in [0, 0.05) is 31.9 Å².